The van der Waals surface area contributed by atoms with Gasteiger partial charge in [0, 0.05) is 6.61 Å². The Morgan fingerprint density at radius 2 is 1.15 bits per heavy atom. The van der Waals surface area contributed by atoms with Crippen LogP contribution < -0.4 is 0 Å². The summed E-state index contributed by atoms with van der Waals surface area (Å²) in [6, 6.07) is 2.23. The predicted molar refractivity (Wildman–Crippen MR) is 127 cm³/mol. The fourth-order valence-electron chi connectivity index (χ4n) is 7.07. The fraction of sp³-hybridized carbons (Fsp3) is 0.778. The topological polar surface area (TPSA) is 9.23 Å². The lowest BCUT2D eigenvalue weighted by atomic mass is 9.65. The van der Waals surface area contributed by atoms with Crippen molar-refractivity contribution in [1.29, 1.82) is 0 Å². The lowest BCUT2D eigenvalue weighted by Crippen LogP contribution is -2.31. The molecule has 1 nitrogen and oxygen atoms in total. The number of rotatable bonds is 6. The molecule has 0 N–H and O–H groups in total. The molecule has 3 aliphatic carbocycles. The smallest absolute Gasteiger partial charge is 0.332 e. The molecule has 3 fully saturated rings. The Labute approximate surface area is 204 Å². The first-order chi connectivity index (χ1) is 15.8. The first kappa shape index (κ1) is 25.5. The van der Waals surface area contributed by atoms with Crippen molar-refractivity contribution in [2.45, 2.75) is 101 Å². The lowest BCUT2D eigenvalue weighted by Gasteiger charge is -2.41. The number of benzene rings is 1. The SMILES string of the molecule is CCOC1CCC(C2CCC(C3CCC(c4cc(F)c(C(F)(F)Br)c(F)c4)CC3)CC2)CC1. The second kappa shape index (κ2) is 11.0. The average molecular weight is 533 g/mol. The van der Waals surface area contributed by atoms with Gasteiger partial charge >= 0.3 is 4.83 Å². The third-order valence-corrected chi connectivity index (χ3v) is 9.26. The summed E-state index contributed by atoms with van der Waals surface area (Å²) in [7, 11) is 0. The molecule has 0 aromatic heterocycles. The van der Waals surface area contributed by atoms with Gasteiger partial charge in [0.05, 0.1) is 6.10 Å². The minimum atomic E-state index is -3.70. The minimum Gasteiger partial charge on any atom is -0.379 e. The summed E-state index contributed by atoms with van der Waals surface area (Å²) in [5.74, 6) is 0.933. The summed E-state index contributed by atoms with van der Waals surface area (Å²) in [5.41, 5.74) is -0.668. The van der Waals surface area contributed by atoms with Crippen LogP contribution in [-0.2, 0) is 9.57 Å². The van der Waals surface area contributed by atoms with Crippen LogP contribution in [0.2, 0.25) is 0 Å². The summed E-state index contributed by atoms with van der Waals surface area (Å²) in [5, 5.41) is 0. The molecule has 0 amide bonds. The van der Waals surface area contributed by atoms with Crippen LogP contribution in [0.4, 0.5) is 17.6 Å². The molecule has 33 heavy (non-hydrogen) atoms. The molecule has 0 radical (unpaired) electrons. The first-order valence-electron chi connectivity index (χ1n) is 12.9. The van der Waals surface area contributed by atoms with E-state index in [-0.39, 0.29) is 5.92 Å². The Hall–Kier alpha value is -0.620. The molecule has 0 spiro atoms. The van der Waals surface area contributed by atoms with Gasteiger partial charge in [-0.15, -0.1) is 0 Å². The van der Waals surface area contributed by atoms with Gasteiger partial charge in [-0.1, -0.05) is 0 Å². The average Bonchev–Trinajstić information content (AvgIpc) is 2.79. The number of hydrogen-bond acceptors (Lipinski definition) is 1. The van der Waals surface area contributed by atoms with E-state index in [2.05, 4.69) is 22.9 Å². The van der Waals surface area contributed by atoms with Gasteiger partial charge in [-0.05, 0) is 147 Å². The molecule has 6 heteroatoms. The van der Waals surface area contributed by atoms with E-state index in [1.165, 1.54) is 51.4 Å². The molecule has 0 bridgehead atoms. The van der Waals surface area contributed by atoms with Crippen molar-refractivity contribution in [2.75, 3.05) is 6.61 Å². The number of alkyl halides is 3. The van der Waals surface area contributed by atoms with Gasteiger partial charge < -0.3 is 4.74 Å². The maximum Gasteiger partial charge on any atom is 0.332 e. The normalized spacial score (nSPS) is 33.8. The van der Waals surface area contributed by atoms with Crippen molar-refractivity contribution in [1.82, 2.24) is 0 Å². The van der Waals surface area contributed by atoms with Gasteiger partial charge in [0.15, 0.2) is 0 Å². The Morgan fingerprint density at radius 3 is 1.55 bits per heavy atom. The summed E-state index contributed by atoms with van der Waals surface area (Å²) >= 11 is 2.08. The zero-order chi connectivity index (χ0) is 23.6. The van der Waals surface area contributed by atoms with Crippen LogP contribution in [0.15, 0.2) is 12.1 Å². The van der Waals surface area contributed by atoms with Gasteiger partial charge in [-0.3, -0.25) is 0 Å². The standard InChI is InChI=1S/C27H37BrF4O/c1-2-33-23-13-11-20(12-14-23)19-5-3-17(4-6-19)18-7-9-21(10-8-18)22-15-24(29)26(25(30)16-22)27(28,31)32/h15-21,23H,2-14H2,1H3. The third kappa shape index (κ3) is 6.15. The predicted octanol–water partition coefficient (Wildman–Crippen LogP) is 9.08. The van der Waals surface area contributed by atoms with Crippen molar-refractivity contribution in [3.05, 3.63) is 34.9 Å². The molecule has 0 heterocycles. The molecule has 1 aromatic carbocycles. The summed E-state index contributed by atoms with van der Waals surface area (Å²) < 4.78 is 61.1. The maximum atomic E-state index is 14.2. The van der Waals surface area contributed by atoms with Crippen molar-refractivity contribution >= 4 is 15.9 Å². The largest absolute Gasteiger partial charge is 0.379 e. The van der Waals surface area contributed by atoms with E-state index < -0.39 is 22.0 Å². The highest BCUT2D eigenvalue weighted by Gasteiger charge is 2.37. The van der Waals surface area contributed by atoms with Gasteiger partial charge in [-0.25, -0.2) is 8.78 Å². The van der Waals surface area contributed by atoms with Crippen LogP contribution in [0.3, 0.4) is 0 Å². The van der Waals surface area contributed by atoms with Crippen molar-refractivity contribution in [3.63, 3.8) is 0 Å². The third-order valence-electron chi connectivity index (χ3n) is 8.86. The van der Waals surface area contributed by atoms with E-state index in [9.17, 15) is 17.6 Å². The highest BCUT2D eigenvalue weighted by atomic mass is 79.9. The van der Waals surface area contributed by atoms with E-state index in [0.29, 0.717) is 17.6 Å². The van der Waals surface area contributed by atoms with Crippen molar-refractivity contribution < 1.29 is 22.3 Å². The number of ether oxygens (including phenoxy) is 1. The lowest BCUT2D eigenvalue weighted by molar-refractivity contribution is 0.0118. The second-order valence-electron chi connectivity index (χ2n) is 10.6. The zero-order valence-electron chi connectivity index (χ0n) is 19.6. The van der Waals surface area contributed by atoms with Gasteiger partial charge in [0.2, 0.25) is 0 Å². The van der Waals surface area contributed by atoms with Gasteiger partial charge in [-0.2, -0.15) is 8.78 Å². The molecule has 0 saturated heterocycles. The van der Waals surface area contributed by atoms with E-state index >= 15 is 0 Å². The van der Waals surface area contributed by atoms with Crippen LogP contribution in [-0.4, -0.2) is 12.7 Å². The van der Waals surface area contributed by atoms with Crippen molar-refractivity contribution in [2.24, 2.45) is 23.7 Å². The van der Waals surface area contributed by atoms with E-state index in [0.717, 1.165) is 62.2 Å². The van der Waals surface area contributed by atoms with Gasteiger partial charge in [0.1, 0.15) is 17.2 Å². The molecule has 0 unspecified atom stereocenters. The summed E-state index contributed by atoms with van der Waals surface area (Å²) in [6.07, 6.45) is 14.8. The van der Waals surface area contributed by atoms with E-state index in [1.807, 2.05) is 0 Å². The Balaban J connectivity index is 1.25. The number of hydrogen-bond donors (Lipinski definition) is 0. The molecular weight excluding hydrogens is 496 g/mol. The molecule has 1 aromatic rings. The van der Waals surface area contributed by atoms with Crippen LogP contribution in [0.1, 0.15) is 101 Å². The summed E-state index contributed by atoms with van der Waals surface area (Å²) in [4.78, 5) is -3.70. The quantitative estimate of drug-likeness (QED) is 0.262. The summed E-state index contributed by atoms with van der Waals surface area (Å²) in [6.45, 7) is 2.91. The second-order valence-corrected chi connectivity index (χ2v) is 11.6. The monoisotopic (exact) mass is 532 g/mol. The molecular formula is C27H37BrF4O. The zero-order valence-corrected chi connectivity index (χ0v) is 21.2. The van der Waals surface area contributed by atoms with Crippen LogP contribution in [0.5, 0.6) is 0 Å². The van der Waals surface area contributed by atoms with Crippen molar-refractivity contribution in [3.8, 4) is 0 Å². The minimum absolute atomic E-state index is 0.0557. The Morgan fingerprint density at radius 1 is 0.758 bits per heavy atom. The highest BCUT2D eigenvalue weighted by molar-refractivity contribution is 9.09. The van der Waals surface area contributed by atoms with Crippen LogP contribution >= 0.6 is 15.9 Å². The highest BCUT2D eigenvalue weighted by Crippen LogP contribution is 2.47. The van der Waals surface area contributed by atoms with Crippen LogP contribution in [0.25, 0.3) is 0 Å². The van der Waals surface area contributed by atoms with E-state index in [4.69, 9.17) is 4.74 Å². The molecule has 3 saturated carbocycles. The fourth-order valence-corrected chi connectivity index (χ4v) is 7.45. The molecule has 4 rings (SSSR count). The Bertz CT molecular complexity index is 748. The molecule has 0 aliphatic heterocycles. The molecule has 0 atom stereocenters. The van der Waals surface area contributed by atoms with Crippen LogP contribution in [0, 0.1) is 35.3 Å². The van der Waals surface area contributed by atoms with Gasteiger partial charge in [0.25, 0.3) is 0 Å². The molecule has 186 valence electrons. The number of halogens is 5. The first-order valence-corrected chi connectivity index (χ1v) is 13.7. The molecule has 3 aliphatic rings. The van der Waals surface area contributed by atoms with E-state index in [1.54, 1.807) is 0 Å². The maximum absolute atomic E-state index is 14.2. The Kier molecular flexibility index (Phi) is 8.47.